The third-order valence-electron chi connectivity index (χ3n) is 2.66. The molecule has 1 aliphatic heterocycles. The van der Waals surface area contributed by atoms with Crippen molar-refractivity contribution in [3.63, 3.8) is 0 Å². The molecule has 1 heterocycles. The van der Waals surface area contributed by atoms with E-state index < -0.39 is 17.1 Å². The van der Waals surface area contributed by atoms with Gasteiger partial charge in [-0.2, -0.15) is 0 Å². The molecule has 110 valence electrons. The SMILES string of the molecule is CCOC(=O)CN1C(=O)SC(=Cc2ccccc2Cl)C1=O. The highest BCUT2D eigenvalue weighted by molar-refractivity contribution is 8.18. The Kier molecular flexibility index (Phi) is 5.03. The summed E-state index contributed by atoms with van der Waals surface area (Å²) in [4.78, 5) is 36.4. The number of carbonyl (C=O) groups excluding carboxylic acids is 3. The van der Waals surface area contributed by atoms with Gasteiger partial charge in [0.15, 0.2) is 0 Å². The number of thioether (sulfide) groups is 1. The fourth-order valence-corrected chi connectivity index (χ4v) is 2.72. The molecule has 2 rings (SSSR count). The van der Waals surface area contributed by atoms with Crippen molar-refractivity contribution in [2.45, 2.75) is 6.92 Å². The van der Waals surface area contributed by atoms with Crippen molar-refractivity contribution in [2.75, 3.05) is 13.2 Å². The van der Waals surface area contributed by atoms with Crippen LogP contribution in [0.3, 0.4) is 0 Å². The third-order valence-corrected chi connectivity index (χ3v) is 3.91. The number of halogens is 1. The third kappa shape index (κ3) is 3.65. The minimum Gasteiger partial charge on any atom is -0.465 e. The Balaban J connectivity index is 2.18. The van der Waals surface area contributed by atoms with E-state index in [0.717, 1.165) is 16.7 Å². The normalized spacial score (nSPS) is 16.7. The monoisotopic (exact) mass is 325 g/mol. The average molecular weight is 326 g/mol. The summed E-state index contributed by atoms with van der Waals surface area (Å²) in [5.74, 6) is -1.13. The molecule has 1 aromatic carbocycles. The molecular weight excluding hydrogens is 314 g/mol. The maximum Gasteiger partial charge on any atom is 0.326 e. The molecule has 0 unspecified atom stereocenters. The second-order valence-corrected chi connectivity index (χ2v) is 5.49. The van der Waals surface area contributed by atoms with Gasteiger partial charge in [0.2, 0.25) is 0 Å². The summed E-state index contributed by atoms with van der Waals surface area (Å²) in [6, 6.07) is 6.98. The zero-order chi connectivity index (χ0) is 15.4. The van der Waals surface area contributed by atoms with Gasteiger partial charge in [-0.1, -0.05) is 29.8 Å². The Morgan fingerprint density at radius 2 is 2.10 bits per heavy atom. The lowest BCUT2D eigenvalue weighted by molar-refractivity contribution is -0.145. The van der Waals surface area contributed by atoms with Crippen molar-refractivity contribution in [2.24, 2.45) is 0 Å². The fourth-order valence-electron chi connectivity index (χ4n) is 1.71. The Morgan fingerprint density at radius 3 is 2.76 bits per heavy atom. The van der Waals surface area contributed by atoms with E-state index in [4.69, 9.17) is 16.3 Å². The smallest absolute Gasteiger partial charge is 0.326 e. The quantitative estimate of drug-likeness (QED) is 0.629. The standard InChI is InChI=1S/C14H12ClNO4S/c1-2-20-12(17)8-16-13(18)11(21-14(16)19)7-9-5-3-4-6-10(9)15/h3-7H,2,8H2,1H3. The summed E-state index contributed by atoms with van der Waals surface area (Å²) in [7, 11) is 0. The maximum absolute atomic E-state index is 12.1. The predicted molar refractivity (Wildman–Crippen MR) is 80.8 cm³/mol. The first-order valence-corrected chi connectivity index (χ1v) is 7.38. The van der Waals surface area contributed by atoms with Gasteiger partial charge in [0.05, 0.1) is 11.5 Å². The van der Waals surface area contributed by atoms with Gasteiger partial charge in [-0.25, -0.2) is 0 Å². The molecule has 0 aromatic heterocycles. The number of rotatable bonds is 4. The molecule has 7 heteroatoms. The fraction of sp³-hybridized carbons (Fsp3) is 0.214. The zero-order valence-electron chi connectivity index (χ0n) is 11.2. The molecule has 2 amide bonds. The number of carbonyl (C=O) groups is 3. The molecule has 0 N–H and O–H groups in total. The zero-order valence-corrected chi connectivity index (χ0v) is 12.7. The van der Waals surface area contributed by atoms with E-state index in [2.05, 4.69) is 0 Å². The minimum absolute atomic E-state index is 0.199. The van der Waals surface area contributed by atoms with Crippen LogP contribution in [-0.2, 0) is 14.3 Å². The Labute approximate surface area is 130 Å². The van der Waals surface area contributed by atoms with E-state index in [9.17, 15) is 14.4 Å². The van der Waals surface area contributed by atoms with Gasteiger partial charge in [-0.3, -0.25) is 19.3 Å². The van der Waals surface area contributed by atoms with Crippen molar-refractivity contribution in [1.82, 2.24) is 4.90 Å². The van der Waals surface area contributed by atoms with E-state index in [1.807, 2.05) is 0 Å². The number of imide groups is 1. The molecule has 0 saturated carbocycles. The molecule has 1 aromatic rings. The topological polar surface area (TPSA) is 63.7 Å². The second kappa shape index (κ2) is 6.78. The summed E-state index contributed by atoms with van der Waals surface area (Å²) in [5, 5.41) is -0.0129. The molecule has 5 nitrogen and oxygen atoms in total. The highest BCUT2D eigenvalue weighted by Gasteiger charge is 2.36. The van der Waals surface area contributed by atoms with Crippen molar-refractivity contribution >= 4 is 46.6 Å². The Bertz CT molecular complexity index is 629. The summed E-state index contributed by atoms with van der Waals surface area (Å²) in [6.07, 6.45) is 1.54. The second-order valence-electron chi connectivity index (χ2n) is 4.09. The van der Waals surface area contributed by atoms with Crippen LogP contribution in [0.15, 0.2) is 29.2 Å². The summed E-state index contributed by atoms with van der Waals surface area (Å²) >= 11 is 6.79. The van der Waals surface area contributed by atoms with Gasteiger partial charge >= 0.3 is 5.97 Å². The number of hydrogen-bond donors (Lipinski definition) is 0. The Morgan fingerprint density at radius 1 is 1.38 bits per heavy atom. The predicted octanol–water partition coefficient (Wildman–Crippen LogP) is 2.94. The maximum atomic E-state index is 12.1. The number of nitrogens with zero attached hydrogens (tertiary/aromatic N) is 1. The number of esters is 1. The lowest BCUT2D eigenvalue weighted by Gasteiger charge is -2.10. The molecule has 0 bridgehead atoms. The highest BCUT2D eigenvalue weighted by atomic mass is 35.5. The first kappa shape index (κ1) is 15.6. The summed E-state index contributed by atoms with van der Waals surface area (Å²) in [6.45, 7) is 1.48. The molecule has 1 saturated heterocycles. The van der Waals surface area contributed by atoms with Crippen molar-refractivity contribution in [3.05, 3.63) is 39.8 Å². The van der Waals surface area contributed by atoms with E-state index in [1.165, 1.54) is 0 Å². The van der Waals surface area contributed by atoms with Gasteiger partial charge < -0.3 is 4.74 Å². The summed E-state index contributed by atoms with van der Waals surface area (Å²) < 4.78 is 4.74. The Hall–Kier alpha value is -1.79. The van der Waals surface area contributed by atoms with E-state index in [0.29, 0.717) is 10.6 Å². The number of ether oxygens (including phenoxy) is 1. The molecule has 0 aliphatic carbocycles. The summed E-state index contributed by atoms with van der Waals surface area (Å²) in [5.41, 5.74) is 0.640. The minimum atomic E-state index is -0.612. The van der Waals surface area contributed by atoms with Crippen LogP contribution < -0.4 is 0 Å². The van der Waals surface area contributed by atoms with Crippen LogP contribution >= 0.6 is 23.4 Å². The van der Waals surface area contributed by atoms with Crippen molar-refractivity contribution < 1.29 is 19.1 Å². The molecular formula is C14H12ClNO4S. The molecule has 1 fully saturated rings. The van der Waals surface area contributed by atoms with Crippen LogP contribution in [0.1, 0.15) is 12.5 Å². The first-order chi connectivity index (χ1) is 10.0. The average Bonchev–Trinajstić information content (AvgIpc) is 2.69. The molecule has 0 atom stereocenters. The number of benzene rings is 1. The van der Waals surface area contributed by atoms with Crippen LogP contribution in [0.5, 0.6) is 0 Å². The molecule has 21 heavy (non-hydrogen) atoms. The van der Waals surface area contributed by atoms with E-state index >= 15 is 0 Å². The van der Waals surface area contributed by atoms with E-state index in [-0.39, 0.29) is 18.1 Å². The molecule has 0 spiro atoms. The van der Waals surface area contributed by atoms with Crippen LogP contribution in [0.4, 0.5) is 4.79 Å². The lowest BCUT2D eigenvalue weighted by Crippen LogP contribution is -2.34. The van der Waals surface area contributed by atoms with Gasteiger partial charge in [0.1, 0.15) is 6.54 Å². The van der Waals surface area contributed by atoms with Crippen LogP contribution in [-0.4, -0.2) is 35.2 Å². The van der Waals surface area contributed by atoms with Gasteiger partial charge in [0.25, 0.3) is 11.1 Å². The highest BCUT2D eigenvalue weighted by Crippen LogP contribution is 2.33. The largest absolute Gasteiger partial charge is 0.465 e. The van der Waals surface area contributed by atoms with Crippen molar-refractivity contribution in [3.8, 4) is 0 Å². The van der Waals surface area contributed by atoms with Crippen LogP contribution in [0, 0.1) is 0 Å². The number of amides is 2. The lowest BCUT2D eigenvalue weighted by atomic mass is 10.2. The van der Waals surface area contributed by atoms with Crippen LogP contribution in [0.2, 0.25) is 5.02 Å². The van der Waals surface area contributed by atoms with Gasteiger partial charge in [-0.05, 0) is 36.4 Å². The molecule has 0 radical (unpaired) electrons. The van der Waals surface area contributed by atoms with Crippen molar-refractivity contribution in [1.29, 1.82) is 0 Å². The molecule has 1 aliphatic rings. The van der Waals surface area contributed by atoms with Crippen LogP contribution in [0.25, 0.3) is 6.08 Å². The first-order valence-electron chi connectivity index (χ1n) is 6.18. The number of hydrogen-bond acceptors (Lipinski definition) is 5. The van der Waals surface area contributed by atoms with Gasteiger partial charge in [0, 0.05) is 5.02 Å². The van der Waals surface area contributed by atoms with E-state index in [1.54, 1.807) is 37.3 Å². The van der Waals surface area contributed by atoms with Gasteiger partial charge in [-0.15, -0.1) is 0 Å².